The summed E-state index contributed by atoms with van der Waals surface area (Å²) >= 11 is 9.27. The molecule has 0 saturated heterocycles. The van der Waals surface area contributed by atoms with Crippen LogP contribution in [0.5, 0.6) is 0 Å². The van der Waals surface area contributed by atoms with Gasteiger partial charge in [0.1, 0.15) is 5.69 Å². The average Bonchev–Trinajstić information content (AvgIpc) is 3.28. The van der Waals surface area contributed by atoms with Crippen molar-refractivity contribution in [1.29, 1.82) is 0 Å². The first kappa shape index (κ1) is 23.4. The fraction of sp³-hybridized carbons (Fsp3) is 0.0400. The molecule has 0 radical (unpaired) electrons. The quantitative estimate of drug-likeness (QED) is 0.262. The van der Waals surface area contributed by atoms with Gasteiger partial charge in [0.2, 0.25) is 0 Å². The zero-order valence-electron chi connectivity index (χ0n) is 17.8. The second kappa shape index (κ2) is 10.9. The van der Waals surface area contributed by atoms with Gasteiger partial charge in [0, 0.05) is 32.4 Å². The lowest BCUT2D eigenvalue weighted by Crippen LogP contribution is -2.34. The summed E-state index contributed by atoms with van der Waals surface area (Å²) in [4.78, 5) is 24.3. The van der Waals surface area contributed by atoms with E-state index in [1.165, 1.54) is 6.21 Å². The second-order valence-electron chi connectivity index (χ2n) is 7.20. The molecule has 4 aromatic rings. The lowest BCUT2D eigenvalue weighted by Gasteiger charge is -2.04. The highest BCUT2D eigenvalue weighted by molar-refractivity contribution is 9.10. The predicted molar refractivity (Wildman–Crippen MR) is 136 cm³/mol. The Hall–Kier alpha value is -3.75. The molecule has 0 aliphatic rings. The highest BCUT2D eigenvalue weighted by Crippen LogP contribution is 2.24. The number of rotatable bonds is 7. The smallest absolute Gasteiger partial charge is 0.259 e. The molecule has 1 aromatic heterocycles. The molecule has 0 atom stereocenters. The predicted octanol–water partition coefficient (Wildman–Crippen LogP) is 4.84. The Bertz CT molecular complexity index is 1320. The van der Waals surface area contributed by atoms with Crippen molar-refractivity contribution < 1.29 is 9.59 Å². The molecule has 7 nitrogen and oxygen atoms in total. The van der Waals surface area contributed by atoms with Gasteiger partial charge in [-0.25, -0.2) is 10.1 Å². The van der Waals surface area contributed by atoms with Crippen LogP contribution in [0.2, 0.25) is 5.02 Å². The first-order valence-electron chi connectivity index (χ1n) is 10.3. The lowest BCUT2D eigenvalue weighted by molar-refractivity contribution is -0.120. The van der Waals surface area contributed by atoms with Crippen LogP contribution in [0, 0.1) is 0 Å². The number of para-hydroxylation sites is 1. The van der Waals surface area contributed by atoms with Gasteiger partial charge in [-0.1, -0.05) is 57.9 Å². The Balaban J connectivity index is 1.45. The molecule has 4 rings (SSSR count). The molecule has 2 amide bonds. The molecule has 0 fully saturated rings. The molecule has 34 heavy (non-hydrogen) atoms. The summed E-state index contributed by atoms with van der Waals surface area (Å²) in [6.45, 7) is -0.221. The summed E-state index contributed by atoms with van der Waals surface area (Å²) in [6.07, 6.45) is 3.37. The molecule has 170 valence electrons. The first-order chi connectivity index (χ1) is 16.5. The van der Waals surface area contributed by atoms with Gasteiger partial charge in [0.15, 0.2) is 0 Å². The van der Waals surface area contributed by atoms with Crippen LogP contribution in [0.3, 0.4) is 0 Å². The number of hydrogen-bond acceptors (Lipinski definition) is 4. The average molecular weight is 537 g/mol. The molecule has 9 heteroatoms. The molecular formula is C25H19BrClN5O2. The molecule has 3 aromatic carbocycles. The summed E-state index contributed by atoms with van der Waals surface area (Å²) in [5, 5.41) is 11.8. The normalized spacial score (nSPS) is 10.9. The van der Waals surface area contributed by atoms with Crippen molar-refractivity contribution >= 4 is 45.6 Å². The lowest BCUT2D eigenvalue weighted by atomic mass is 10.1. The molecule has 2 N–H and O–H groups in total. The highest BCUT2D eigenvalue weighted by Gasteiger charge is 2.12. The van der Waals surface area contributed by atoms with Crippen LogP contribution in [0.1, 0.15) is 15.9 Å². The third-order valence-corrected chi connectivity index (χ3v) is 5.57. The zero-order chi connectivity index (χ0) is 23.9. The van der Waals surface area contributed by atoms with E-state index in [0.717, 1.165) is 21.3 Å². The number of amides is 2. The van der Waals surface area contributed by atoms with Gasteiger partial charge in [-0.05, 0) is 48.5 Å². The number of carbonyl (C=O) groups excluding carboxylic acids is 2. The van der Waals surface area contributed by atoms with E-state index >= 15 is 0 Å². The van der Waals surface area contributed by atoms with E-state index in [9.17, 15) is 9.59 Å². The Labute approximate surface area is 209 Å². The Morgan fingerprint density at radius 1 is 1.00 bits per heavy atom. The summed E-state index contributed by atoms with van der Waals surface area (Å²) in [5.74, 6) is -0.836. The Morgan fingerprint density at radius 2 is 1.71 bits per heavy atom. The van der Waals surface area contributed by atoms with Crippen molar-refractivity contribution in [3.63, 3.8) is 0 Å². The number of aromatic nitrogens is 2. The van der Waals surface area contributed by atoms with Gasteiger partial charge in [0.25, 0.3) is 11.8 Å². The minimum Gasteiger partial charge on any atom is -0.343 e. The summed E-state index contributed by atoms with van der Waals surface area (Å²) < 4.78 is 2.72. The Kier molecular flexibility index (Phi) is 7.51. The van der Waals surface area contributed by atoms with Crippen molar-refractivity contribution in [2.45, 2.75) is 0 Å². The number of carbonyl (C=O) groups is 2. The van der Waals surface area contributed by atoms with E-state index in [0.29, 0.717) is 16.3 Å². The molecule has 0 aliphatic heterocycles. The summed E-state index contributed by atoms with van der Waals surface area (Å²) in [6, 6.07) is 23.9. The van der Waals surface area contributed by atoms with Crippen molar-refractivity contribution in [2.75, 3.05) is 6.54 Å². The van der Waals surface area contributed by atoms with Gasteiger partial charge in [-0.2, -0.15) is 10.2 Å². The summed E-state index contributed by atoms with van der Waals surface area (Å²) in [5.41, 5.74) is 6.08. The van der Waals surface area contributed by atoms with E-state index in [1.54, 1.807) is 28.9 Å². The van der Waals surface area contributed by atoms with Crippen LogP contribution in [-0.4, -0.2) is 34.4 Å². The molecule has 0 aliphatic carbocycles. The largest absolute Gasteiger partial charge is 0.343 e. The number of halogens is 2. The van der Waals surface area contributed by atoms with Crippen molar-refractivity contribution in [1.82, 2.24) is 20.5 Å². The van der Waals surface area contributed by atoms with Crippen LogP contribution in [0.4, 0.5) is 0 Å². The van der Waals surface area contributed by atoms with Gasteiger partial charge < -0.3 is 5.32 Å². The van der Waals surface area contributed by atoms with Crippen LogP contribution >= 0.6 is 27.5 Å². The standard InChI is InChI=1S/C25H19BrClN5O2/c26-20-10-6-17(7-11-20)24-19(16-32(31-24)22-4-2-1-3-5-22)14-29-30-23(33)15-28-25(34)18-8-12-21(27)13-9-18/h1-14,16H,15H2,(H,28,34)(H,30,33)/b29-14-. The van der Waals surface area contributed by atoms with Gasteiger partial charge in [-0.3, -0.25) is 9.59 Å². The van der Waals surface area contributed by atoms with Crippen LogP contribution < -0.4 is 10.7 Å². The van der Waals surface area contributed by atoms with E-state index in [1.807, 2.05) is 60.8 Å². The van der Waals surface area contributed by atoms with E-state index < -0.39 is 5.91 Å². The molecular weight excluding hydrogens is 518 g/mol. The third kappa shape index (κ3) is 5.98. The minimum atomic E-state index is -0.459. The van der Waals surface area contributed by atoms with Crippen LogP contribution in [-0.2, 0) is 4.79 Å². The van der Waals surface area contributed by atoms with Gasteiger partial charge in [0.05, 0.1) is 18.4 Å². The fourth-order valence-corrected chi connectivity index (χ4v) is 3.49. The highest BCUT2D eigenvalue weighted by atomic mass is 79.9. The van der Waals surface area contributed by atoms with E-state index in [4.69, 9.17) is 16.7 Å². The van der Waals surface area contributed by atoms with Crippen molar-refractivity contribution in [2.24, 2.45) is 5.10 Å². The number of benzene rings is 3. The maximum Gasteiger partial charge on any atom is 0.259 e. The molecule has 0 spiro atoms. The number of hydrogen-bond donors (Lipinski definition) is 2. The Morgan fingerprint density at radius 3 is 2.41 bits per heavy atom. The van der Waals surface area contributed by atoms with E-state index in [2.05, 4.69) is 31.8 Å². The van der Waals surface area contributed by atoms with Crippen molar-refractivity contribution in [3.05, 3.63) is 106 Å². The minimum absolute atomic E-state index is 0.221. The first-order valence-corrected chi connectivity index (χ1v) is 11.4. The van der Waals surface area contributed by atoms with Gasteiger partial charge >= 0.3 is 0 Å². The molecule has 0 bridgehead atoms. The fourth-order valence-electron chi connectivity index (χ4n) is 3.10. The number of nitrogens with one attached hydrogen (secondary N) is 2. The zero-order valence-corrected chi connectivity index (χ0v) is 20.1. The monoisotopic (exact) mass is 535 g/mol. The van der Waals surface area contributed by atoms with Crippen LogP contribution in [0.15, 0.2) is 94.6 Å². The second-order valence-corrected chi connectivity index (χ2v) is 8.55. The van der Waals surface area contributed by atoms with Crippen LogP contribution in [0.25, 0.3) is 16.9 Å². The molecule has 0 saturated carbocycles. The number of nitrogens with zero attached hydrogens (tertiary/aromatic N) is 3. The molecule has 1 heterocycles. The maximum atomic E-state index is 12.2. The maximum absolute atomic E-state index is 12.2. The summed E-state index contributed by atoms with van der Waals surface area (Å²) in [7, 11) is 0. The topological polar surface area (TPSA) is 88.4 Å². The van der Waals surface area contributed by atoms with Gasteiger partial charge in [-0.15, -0.1) is 0 Å². The SMILES string of the molecule is O=C(CNC(=O)c1ccc(Cl)cc1)N/N=C\c1cn(-c2ccccc2)nc1-c1ccc(Br)cc1. The van der Waals surface area contributed by atoms with E-state index in [-0.39, 0.29) is 12.5 Å². The van der Waals surface area contributed by atoms with Crippen molar-refractivity contribution in [3.8, 4) is 16.9 Å². The molecule has 0 unspecified atom stereocenters. The third-order valence-electron chi connectivity index (χ3n) is 4.79. The number of hydrazone groups is 1.